The van der Waals surface area contributed by atoms with Crippen molar-refractivity contribution in [3.63, 3.8) is 0 Å². The topological polar surface area (TPSA) is 90.5 Å². The van der Waals surface area contributed by atoms with Crippen LogP contribution in [0.5, 0.6) is 0 Å². The Morgan fingerprint density at radius 1 is 1.04 bits per heavy atom. The SMILES string of the molecule is Cn1c2c(c(=O)n(C)c1=O)CC(c1ccc(S(C)(=O)=O)cc1)=N2. The Kier molecular flexibility index (Phi) is 3.36. The van der Waals surface area contributed by atoms with Gasteiger partial charge in [-0.2, -0.15) is 0 Å². The molecule has 0 bridgehead atoms. The Morgan fingerprint density at radius 2 is 1.65 bits per heavy atom. The zero-order valence-electron chi connectivity index (χ0n) is 12.9. The molecule has 0 N–H and O–H groups in total. The Hall–Kier alpha value is -2.48. The maximum absolute atomic E-state index is 12.2. The van der Waals surface area contributed by atoms with Crippen LogP contribution in [0.2, 0.25) is 0 Å². The van der Waals surface area contributed by atoms with Crippen LogP contribution in [0, 0.1) is 0 Å². The second-order valence-corrected chi connectivity index (χ2v) is 7.56. The van der Waals surface area contributed by atoms with E-state index in [4.69, 9.17) is 0 Å². The molecule has 0 saturated heterocycles. The molecule has 0 amide bonds. The summed E-state index contributed by atoms with van der Waals surface area (Å²) in [7, 11) is -0.256. The normalized spacial score (nSPS) is 13.8. The minimum atomic E-state index is -3.26. The van der Waals surface area contributed by atoms with Gasteiger partial charge in [-0.15, -0.1) is 0 Å². The van der Waals surface area contributed by atoms with E-state index in [0.717, 1.165) is 16.4 Å². The third kappa shape index (κ3) is 2.44. The molecule has 0 saturated carbocycles. The van der Waals surface area contributed by atoms with Crippen LogP contribution < -0.4 is 11.2 Å². The van der Waals surface area contributed by atoms with E-state index in [1.807, 2.05) is 0 Å². The number of aliphatic imine (C=N–C) groups is 1. The smallest absolute Gasteiger partial charge is 0.281 e. The molecule has 2 aromatic rings. The summed E-state index contributed by atoms with van der Waals surface area (Å²) in [6, 6.07) is 6.33. The highest BCUT2D eigenvalue weighted by Gasteiger charge is 2.24. The predicted octanol–water partition coefficient (Wildman–Crippen LogP) is 0.164. The van der Waals surface area contributed by atoms with Crippen LogP contribution >= 0.6 is 0 Å². The van der Waals surface area contributed by atoms with Crippen LogP contribution in [0.3, 0.4) is 0 Å². The molecule has 0 atom stereocenters. The van der Waals surface area contributed by atoms with Crippen LogP contribution in [-0.4, -0.2) is 29.5 Å². The van der Waals surface area contributed by atoms with Crippen molar-refractivity contribution in [3.8, 4) is 0 Å². The van der Waals surface area contributed by atoms with Crippen LogP contribution in [0.1, 0.15) is 11.1 Å². The van der Waals surface area contributed by atoms with Gasteiger partial charge in [0.1, 0.15) is 5.82 Å². The number of nitrogens with zero attached hydrogens (tertiary/aromatic N) is 3. The molecule has 1 aromatic heterocycles. The van der Waals surface area contributed by atoms with E-state index in [1.165, 1.54) is 23.7 Å². The summed E-state index contributed by atoms with van der Waals surface area (Å²) in [5.74, 6) is 0.361. The van der Waals surface area contributed by atoms with Crippen molar-refractivity contribution in [2.75, 3.05) is 6.26 Å². The van der Waals surface area contributed by atoms with Crippen LogP contribution in [-0.2, 0) is 30.4 Å². The van der Waals surface area contributed by atoms with Crippen LogP contribution in [0.25, 0.3) is 0 Å². The van der Waals surface area contributed by atoms with Crippen molar-refractivity contribution in [2.45, 2.75) is 11.3 Å². The highest BCUT2D eigenvalue weighted by molar-refractivity contribution is 7.90. The van der Waals surface area contributed by atoms with Crippen molar-refractivity contribution in [2.24, 2.45) is 19.1 Å². The molecule has 0 aliphatic carbocycles. The molecule has 0 radical (unpaired) electrons. The number of hydrogen-bond acceptors (Lipinski definition) is 5. The summed E-state index contributed by atoms with van der Waals surface area (Å²) >= 11 is 0. The number of fused-ring (bicyclic) bond motifs is 1. The van der Waals surface area contributed by atoms with Crippen molar-refractivity contribution in [1.29, 1.82) is 0 Å². The minimum Gasteiger partial charge on any atom is -0.281 e. The summed E-state index contributed by atoms with van der Waals surface area (Å²) in [6.07, 6.45) is 1.46. The molecule has 0 unspecified atom stereocenters. The maximum Gasteiger partial charge on any atom is 0.332 e. The lowest BCUT2D eigenvalue weighted by Crippen LogP contribution is -2.38. The fourth-order valence-corrected chi connectivity index (χ4v) is 3.23. The second kappa shape index (κ2) is 5.02. The summed E-state index contributed by atoms with van der Waals surface area (Å²) in [6.45, 7) is 0. The quantitative estimate of drug-likeness (QED) is 0.783. The Morgan fingerprint density at radius 3 is 2.22 bits per heavy atom. The molecule has 1 aliphatic heterocycles. The second-order valence-electron chi connectivity index (χ2n) is 5.54. The Labute approximate surface area is 132 Å². The van der Waals surface area contributed by atoms with Crippen molar-refractivity contribution >= 4 is 21.4 Å². The third-order valence-electron chi connectivity index (χ3n) is 3.93. The summed E-state index contributed by atoms with van der Waals surface area (Å²) < 4.78 is 25.4. The first-order valence-corrected chi connectivity index (χ1v) is 8.76. The van der Waals surface area contributed by atoms with Gasteiger partial charge in [0.2, 0.25) is 0 Å². The van der Waals surface area contributed by atoms with Gasteiger partial charge >= 0.3 is 5.69 Å². The molecule has 120 valence electrons. The standard InChI is InChI=1S/C15H15N3O4S/c1-17-13-11(14(19)18(2)15(17)20)8-12(16-13)9-4-6-10(7-5-9)23(3,21)22/h4-7H,8H2,1-3H3. The van der Waals surface area contributed by atoms with Gasteiger partial charge in [0.25, 0.3) is 5.56 Å². The van der Waals surface area contributed by atoms with Gasteiger partial charge in [0, 0.05) is 26.8 Å². The number of aromatic nitrogens is 2. The minimum absolute atomic E-state index is 0.223. The Bertz CT molecular complexity index is 1060. The molecule has 3 rings (SSSR count). The Balaban J connectivity index is 2.08. The van der Waals surface area contributed by atoms with Gasteiger partial charge < -0.3 is 0 Å². The third-order valence-corrected chi connectivity index (χ3v) is 5.05. The lowest BCUT2D eigenvalue weighted by molar-refractivity contribution is 0.602. The van der Waals surface area contributed by atoms with Gasteiger partial charge in [-0.3, -0.25) is 13.9 Å². The summed E-state index contributed by atoms with van der Waals surface area (Å²) in [4.78, 5) is 28.7. The monoisotopic (exact) mass is 333 g/mol. The molecule has 1 aliphatic rings. The zero-order chi connectivity index (χ0) is 16.9. The molecule has 2 heterocycles. The van der Waals surface area contributed by atoms with Crippen LogP contribution in [0.4, 0.5) is 5.82 Å². The van der Waals surface area contributed by atoms with Crippen molar-refractivity contribution < 1.29 is 8.42 Å². The summed E-state index contributed by atoms with van der Waals surface area (Å²) in [5.41, 5.74) is 1.05. The van der Waals surface area contributed by atoms with Crippen molar-refractivity contribution in [3.05, 3.63) is 56.2 Å². The number of benzene rings is 1. The van der Waals surface area contributed by atoms with E-state index >= 15 is 0 Å². The average Bonchev–Trinajstić information content (AvgIpc) is 2.95. The predicted molar refractivity (Wildman–Crippen MR) is 86.4 cm³/mol. The molecule has 0 spiro atoms. The number of hydrogen-bond donors (Lipinski definition) is 0. The number of rotatable bonds is 2. The number of sulfone groups is 1. The molecule has 23 heavy (non-hydrogen) atoms. The van der Waals surface area contributed by atoms with E-state index in [-0.39, 0.29) is 10.5 Å². The maximum atomic E-state index is 12.2. The fourth-order valence-electron chi connectivity index (χ4n) is 2.60. The average molecular weight is 333 g/mol. The van der Waals surface area contributed by atoms with E-state index < -0.39 is 15.5 Å². The lowest BCUT2D eigenvalue weighted by Gasteiger charge is -2.05. The van der Waals surface area contributed by atoms with E-state index in [9.17, 15) is 18.0 Å². The van der Waals surface area contributed by atoms with Gasteiger partial charge in [-0.05, 0) is 17.7 Å². The van der Waals surface area contributed by atoms with Gasteiger partial charge in [-0.1, -0.05) is 12.1 Å². The van der Waals surface area contributed by atoms with E-state index in [2.05, 4.69) is 4.99 Å². The summed E-state index contributed by atoms with van der Waals surface area (Å²) in [5, 5.41) is 0. The van der Waals surface area contributed by atoms with E-state index in [1.54, 1.807) is 19.2 Å². The first kappa shape index (κ1) is 15.4. The largest absolute Gasteiger partial charge is 0.332 e. The molecular formula is C15H15N3O4S. The van der Waals surface area contributed by atoms with Gasteiger partial charge in [0.05, 0.1) is 16.2 Å². The zero-order valence-corrected chi connectivity index (χ0v) is 13.7. The fraction of sp³-hybridized carbons (Fsp3) is 0.267. The highest BCUT2D eigenvalue weighted by Crippen LogP contribution is 2.25. The first-order valence-electron chi connectivity index (χ1n) is 6.87. The highest BCUT2D eigenvalue weighted by atomic mass is 32.2. The first-order chi connectivity index (χ1) is 10.7. The molecule has 8 heteroatoms. The van der Waals surface area contributed by atoms with Crippen LogP contribution in [0.15, 0.2) is 43.7 Å². The molecule has 1 aromatic carbocycles. The lowest BCUT2D eigenvalue weighted by atomic mass is 10.1. The van der Waals surface area contributed by atoms with E-state index in [0.29, 0.717) is 23.5 Å². The van der Waals surface area contributed by atoms with Gasteiger partial charge in [-0.25, -0.2) is 18.2 Å². The molecule has 7 nitrogen and oxygen atoms in total. The van der Waals surface area contributed by atoms with Crippen molar-refractivity contribution in [1.82, 2.24) is 9.13 Å². The molecule has 0 fully saturated rings. The van der Waals surface area contributed by atoms with Gasteiger partial charge in [0.15, 0.2) is 9.84 Å². The molecular weight excluding hydrogens is 318 g/mol.